The number of benzene rings is 3. The highest BCUT2D eigenvalue weighted by molar-refractivity contribution is 7.92. The Bertz CT molecular complexity index is 1300. The Morgan fingerprint density at radius 3 is 2.08 bits per heavy atom. The van der Waals surface area contributed by atoms with Crippen molar-refractivity contribution in [3.05, 3.63) is 72.3 Å². The first kappa shape index (κ1) is 26.7. The van der Waals surface area contributed by atoms with E-state index in [2.05, 4.69) is 5.32 Å². The Labute approximate surface area is 211 Å². The number of nitrogens with one attached hydrogen (secondary N) is 1. The molecule has 0 aliphatic carbocycles. The number of nitrogens with zero attached hydrogens (tertiary/aromatic N) is 1. The van der Waals surface area contributed by atoms with Crippen LogP contribution in [0.2, 0.25) is 0 Å². The zero-order chi connectivity index (χ0) is 26.3. The van der Waals surface area contributed by atoms with Gasteiger partial charge in [0.25, 0.3) is 10.0 Å². The summed E-state index contributed by atoms with van der Waals surface area (Å²) in [5.41, 5.74) is 1.04. The van der Waals surface area contributed by atoms with Gasteiger partial charge in [-0.2, -0.15) is 0 Å². The van der Waals surface area contributed by atoms with Crippen LogP contribution >= 0.6 is 0 Å². The second kappa shape index (κ2) is 11.7. The second-order valence-corrected chi connectivity index (χ2v) is 9.62. The van der Waals surface area contributed by atoms with Crippen LogP contribution in [0.5, 0.6) is 23.0 Å². The van der Waals surface area contributed by atoms with Crippen molar-refractivity contribution in [2.45, 2.75) is 17.9 Å². The molecule has 1 N–H and O–H groups in total. The van der Waals surface area contributed by atoms with E-state index in [0.29, 0.717) is 28.5 Å². The number of methoxy groups -OCH3 is 4. The van der Waals surface area contributed by atoms with Crippen LogP contribution in [0.1, 0.15) is 18.5 Å². The van der Waals surface area contributed by atoms with E-state index < -0.39 is 28.5 Å². The molecule has 10 heteroatoms. The third kappa shape index (κ3) is 5.83. The molecule has 1 amide bonds. The van der Waals surface area contributed by atoms with Crippen molar-refractivity contribution in [2.24, 2.45) is 0 Å². The van der Waals surface area contributed by atoms with E-state index in [1.807, 2.05) is 0 Å². The lowest BCUT2D eigenvalue weighted by Crippen LogP contribution is -2.41. The van der Waals surface area contributed by atoms with Crippen LogP contribution in [0.25, 0.3) is 0 Å². The number of para-hydroxylation sites is 1. The maximum absolute atomic E-state index is 13.7. The normalized spacial score (nSPS) is 11.8. The summed E-state index contributed by atoms with van der Waals surface area (Å²) in [6.07, 6.45) is 0. The van der Waals surface area contributed by atoms with Gasteiger partial charge < -0.3 is 24.3 Å². The van der Waals surface area contributed by atoms with Crippen LogP contribution in [-0.4, -0.2) is 49.3 Å². The fourth-order valence-corrected chi connectivity index (χ4v) is 5.12. The summed E-state index contributed by atoms with van der Waals surface area (Å²) in [4.78, 5) is 13.1. The van der Waals surface area contributed by atoms with Gasteiger partial charge in [-0.05, 0) is 49.4 Å². The topological polar surface area (TPSA) is 103 Å². The number of anilines is 1. The molecule has 0 aromatic heterocycles. The molecule has 0 heterocycles. The van der Waals surface area contributed by atoms with E-state index in [4.69, 9.17) is 18.9 Å². The third-order valence-corrected chi connectivity index (χ3v) is 7.33. The Hall–Kier alpha value is -3.92. The van der Waals surface area contributed by atoms with Crippen LogP contribution < -0.4 is 28.6 Å². The largest absolute Gasteiger partial charge is 0.497 e. The summed E-state index contributed by atoms with van der Waals surface area (Å²) < 4.78 is 49.6. The van der Waals surface area contributed by atoms with Gasteiger partial charge in [-0.3, -0.25) is 9.10 Å². The predicted molar refractivity (Wildman–Crippen MR) is 137 cm³/mol. The van der Waals surface area contributed by atoms with Crippen molar-refractivity contribution >= 4 is 21.6 Å². The zero-order valence-electron chi connectivity index (χ0n) is 20.8. The number of hydrogen-bond donors (Lipinski definition) is 1. The van der Waals surface area contributed by atoms with Gasteiger partial charge in [0.1, 0.15) is 18.0 Å². The van der Waals surface area contributed by atoms with Gasteiger partial charge in [0, 0.05) is 11.6 Å². The molecule has 3 aromatic rings. The van der Waals surface area contributed by atoms with Crippen molar-refractivity contribution in [1.82, 2.24) is 5.32 Å². The van der Waals surface area contributed by atoms with Crippen LogP contribution in [0, 0.1) is 0 Å². The fourth-order valence-electron chi connectivity index (χ4n) is 3.69. The van der Waals surface area contributed by atoms with E-state index in [-0.39, 0.29) is 10.6 Å². The molecule has 0 fully saturated rings. The molecule has 3 aromatic carbocycles. The molecule has 0 aliphatic heterocycles. The highest BCUT2D eigenvalue weighted by Crippen LogP contribution is 2.33. The van der Waals surface area contributed by atoms with Crippen LogP contribution in [-0.2, 0) is 14.8 Å². The van der Waals surface area contributed by atoms with Crippen molar-refractivity contribution in [1.29, 1.82) is 0 Å². The first-order valence-corrected chi connectivity index (χ1v) is 12.5. The molecule has 36 heavy (non-hydrogen) atoms. The van der Waals surface area contributed by atoms with Crippen molar-refractivity contribution in [3.8, 4) is 23.0 Å². The average Bonchev–Trinajstić information content (AvgIpc) is 2.91. The van der Waals surface area contributed by atoms with E-state index in [9.17, 15) is 13.2 Å². The number of carbonyl (C=O) groups is 1. The fraction of sp³-hybridized carbons (Fsp3) is 0.269. The highest BCUT2D eigenvalue weighted by Gasteiger charge is 2.29. The third-order valence-electron chi connectivity index (χ3n) is 5.56. The number of rotatable bonds is 11. The number of carbonyl (C=O) groups excluding carboxylic acids is 1. The Morgan fingerprint density at radius 1 is 0.833 bits per heavy atom. The van der Waals surface area contributed by atoms with E-state index in [0.717, 1.165) is 4.31 Å². The minimum Gasteiger partial charge on any atom is -0.497 e. The van der Waals surface area contributed by atoms with E-state index in [1.165, 1.54) is 39.5 Å². The summed E-state index contributed by atoms with van der Waals surface area (Å²) in [6.45, 7) is 1.34. The maximum Gasteiger partial charge on any atom is 0.264 e. The quantitative estimate of drug-likeness (QED) is 0.415. The SMILES string of the molecule is COc1ccc(OC)c(C(C)NC(=O)CN(c2ccccc2)S(=O)(=O)c2ccc(OC)c(OC)c2)c1. The Morgan fingerprint density at radius 2 is 1.47 bits per heavy atom. The lowest BCUT2D eigenvalue weighted by Gasteiger charge is -2.26. The first-order valence-electron chi connectivity index (χ1n) is 11.1. The first-order chi connectivity index (χ1) is 17.2. The molecule has 3 rings (SSSR count). The number of sulfonamides is 1. The molecule has 0 saturated heterocycles. The number of hydrogen-bond acceptors (Lipinski definition) is 7. The van der Waals surface area contributed by atoms with Gasteiger partial charge in [-0.15, -0.1) is 0 Å². The molecule has 0 saturated carbocycles. The summed E-state index contributed by atoms with van der Waals surface area (Å²) in [6, 6.07) is 17.5. The van der Waals surface area contributed by atoms with Gasteiger partial charge in [0.15, 0.2) is 11.5 Å². The Kier molecular flexibility index (Phi) is 8.65. The van der Waals surface area contributed by atoms with Gasteiger partial charge >= 0.3 is 0 Å². The summed E-state index contributed by atoms with van der Waals surface area (Å²) in [7, 11) is 1.83. The summed E-state index contributed by atoms with van der Waals surface area (Å²) in [5.74, 6) is 1.33. The molecule has 0 bridgehead atoms. The number of ether oxygens (including phenoxy) is 4. The summed E-state index contributed by atoms with van der Waals surface area (Å²) >= 11 is 0. The lowest BCUT2D eigenvalue weighted by molar-refractivity contribution is -0.120. The molecule has 9 nitrogen and oxygen atoms in total. The van der Waals surface area contributed by atoms with E-state index in [1.54, 1.807) is 62.6 Å². The molecule has 0 radical (unpaired) electrons. The molecule has 1 atom stereocenters. The predicted octanol–water partition coefficient (Wildman–Crippen LogP) is 3.79. The molecule has 1 unspecified atom stereocenters. The summed E-state index contributed by atoms with van der Waals surface area (Å²) in [5, 5.41) is 2.86. The monoisotopic (exact) mass is 514 g/mol. The van der Waals surface area contributed by atoms with Crippen LogP contribution in [0.3, 0.4) is 0 Å². The van der Waals surface area contributed by atoms with Crippen LogP contribution in [0.15, 0.2) is 71.6 Å². The molecule has 0 spiro atoms. The minimum absolute atomic E-state index is 0.0423. The van der Waals surface area contributed by atoms with Crippen molar-refractivity contribution in [3.63, 3.8) is 0 Å². The maximum atomic E-state index is 13.7. The minimum atomic E-state index is -4.14. The standard InChI is InChI=1S/C26H30N2O7S/c1-18(22-15-20(32-2)11-13-23(22)33-3)27-26(29)17-28(19-9-7-6-8-10-19)36(30,31)21-12-14-24(34-4)25(16-21)35-5/h6-16,18H,17H2,1-5H3,(H,27,29). The van der Waals surface area contributed by atoms with Gasteiger partial charge in [-0.25, -0.2) is 8.42 Å². The molecular formula is C26H30N2O7S. The van der Waals surface area contributed by atoms with Crippen molar-refractivity contribution < 1.29 is 32.2 Å². The molecule has 192 valence electrons. The van der Waals surface area contributed by atoms with Crippen molar-refractivity contribution in [2.75, 3.05) is 39.3 Å². The zero-order valence-corrected chi connectivity index (χ0v) is 21.7. The molecule has 0 aliphatic rings. The number of amides is 1. The lowest BCUT2D eigenvalue weighted by atomic mass is 10.1. The van der Waals surface area contributed by atoms with Gasteiger partial charge in [0.05, 0.1) is 45.1 Å². The molecular weight excluding hydrogens is 484 g/mol. The smallest absolute Gasteiger partial charge is 0.264 e. The van der Waals surface area contributed by atoms with Crippen LogP contribution in [0.4, 0.5) is 5.69 Å². The highest BCUT2D eigenvalue weighted by atomic mass is 32.2. The average molecular weight is 515 g/mol. The van der Waals surface area contributed by atoms with Gasteiger partial charge in [0.2, 0.25) is 5.91 Å². The second-order valence-electron chi connectivity index (χ2n) is 7.76. The Balaban J connectivity index is 1.93. The van der Waals surface area contributed by atoms with Gasteiger partial charge in [-0.1, -0.05) is 18.2 Å². The van der Waals surface area contributed by atoms with E-state index >= 15 is 0 Å².